The summed E-state index contributed by atoms with van der Waals surface area (Å²) in [5, 5.41) is 10.1. The molecule has 0 saturated heterocycles. The van der Waals surface area contributed by atoms with Crippen LogP contribution in [-0.4, -0.2) is 32.3 Å². The van der Waals surface area contributed by atoms with Crippen molar-refractivity contribution >= 4 is 17.6 Å². The van der Waals surface area contributed by atoms with Crippen molar-refractivity contribution in [2.24, 2.45) is 5.73 Å². The molecule has 0 bridgehead atoms. The standard InChI is InChI=1S/C25H25N3O5/c1-15(2)33-19-13-9-8-12-18(19)28-22(25(30)32-4)21(24(29)31-3)20(17(14-26)23(28)27)16-10-6-5-7-11-16/h5-13,15,20H,27H2,1-4H3. The zero-order valence-corrected chi connectivity index (χ0v) is 18.9. The third-order valence-electron chi connectivity index (χ3n) is 5.08. The van der Waals surface area contributed by atoms with Gasteiger partial charge in [0.05, 0.1) is 49.1 Å². The molecule has 2 aromatic rings. The van der Waals surface area contributed by atoms with E-state index in [0.717, 1.165) is 0 Å². The van der Waals surface area contributed by atoms with Crippen molar-refractivity contribution in [2.75, 3.05) is 19.1 Å². The smallest absolute Gasteiger partial charge is 0.355 e. The number of para-hydroxylation sites is 2. The number of hydrogen-bond acceptors (Lipinski definition) is 8. The highest BCUT2D eigenvalue weighted by atomic mass is 16.5. The molecule has 1 aliphatic rings. The molecule has 0 fully saturated rings. The summed E-state index contributed by atoms with van der Waals surface area (Å²) in [5.41, 5.74) is 7.39. The van der Waals surface area contributed by atoms with Crippen LogP contribution in [0, 0.1) is 11.3 Å². The van der Waals surface area contributed by atoms with Crippen LogP contribution in [0.2, 0.25) is 0 Å². The minimum atomic E-state index is -0.924. The Morgan fingerprint density at radius 2 is 1.61 bits per heavy atom. The van der Waals surface area contributed by atoms with Gasteiger partial charge in [0.1, 0.15) is 17.3 Å². The van der Waals surface area contributed by atoms with Crippen LogP contribution in [0.3, 0.4) is 0 Å². The van der Waals surface area contributed by atoms with E-state index in [0.29, 0.717) is 17.0 Å². The Hall–Kier alpha value is -4.25. The van der Waals surface area contributed by atoms with Crippen LogP contribution in [0.1, 0.15) is 25.3 Å². The Labute approximate surface area is 192 Å². The Balaban J connectivity index is 2.41. The number of nitriles is 1. The second-order valence-electron chi connectivity index (χ2n) is 7.47. The first-order valence-electron chi connectivity index (χ1n) is 10.3. The van der Waals surface area contributed by atoms with Crippen molar-refractivity contribution in [1.29, 1.82) is 5.26 Å². The van der Waals surface area contributed by atoms with Gasteiger partial charge in [0, 0.05) is 0 Å². The van der Waals surface area contributed by atoms with Crippen LogP contribution in [0.25, 0.3) is 0 Å². The maximum Gasteiger partial charge on any atom is 0.355 e. The number of carbonyl (C=O) groups excluding carboxylic acids is 2. The van der Waals surface area contributed by atoms with Crippen LogP contribution >= 0.6 is 0 Å². The number of allylic oxidation sites excluding steroid dienone is 1. The van der Waals surface area contributed by atoms with Gasteiger partial charge in [-0.2, -0.15) is 5.26 Å². The summed E-state index contributed by atoms with van der Waals surface area (Å²) in [4.78, 5) is 27.5. The maximum atomic E-state index is 13.1. The lowest BCUT2D eigenvalue weighted by Gasteiger charge is -2.36. The maximum absolute atomic E-state index is 13.1. The van der Waals surface area contributed by atoms with E-state index in [4.69, 9.17) is 19.9 Å². The number of carbonyl (C=O) groups is 2. The van der Waals surface area contributed by atoms with Crippen molar-refractivity contribution in [1.82, 2.24) is 0 Å². The highest BCUT2D eigenvalue weighted by molar-refractivity contribution is 6.06. The van der Waals surface area contributed by atoms with E-state index in [1.54, 1.807) is 54.6 Å². The van der Waals surface area contributed by atoms with E-state index < -0.39 is 17.9 Å². The number of anilines is 1. The van der Waals surface area contributed by atoms with Gasteiger partial charge >= 0.3 is 11.9 Å². The van der Waals surface area contributed by atoms with Crippen LogP contribution in [0.5, 0.6) is 5.75 Å². The third kappa shape index (κ3) is 4.39. The topological polar surface area (TPSA) is 115 Å². The molecule has 33 heavy (non-hydrogen) atoms. The van der Waals surface area contributed by atoms with Gasteiger partial charge in [-0.3, -0.25) is 4.90 Å². The third-order valence-corrected chi connectivity index (χ3v) is 5.08. The van der Waals surface area contributed by atoms with Gasteiger partial charge in [0.25, 0.3) is 0 Å². The monoisotopic (exact) mass is 447 g/mol. The van der Waals surface area contributed by atoms with E-state index in [1.165, 1.54) is 19.1 Å². The molecule has 0 aliphatic carbocycles. The second-order valence-corrected chi connectivity index (χ2v) is 7.47. The largest absolute Gasteiger partial charge is 0.489 e. The molecular weight excluding hydrogens is 422 g/mol. The molecule has 0 amide bonds. The molecule has 8 heteroatoms. The highest BCUT2D eigenvalue weighted by Crippen LogP contribution is 2.45. The average Bonchev–Trinajstić information content (AvgIpc) is 2.83. The fraction of sp³-hybridized carbons (Fsp3) is 0.240. The molecule has 3 rings (SSSR count). The first kappa shape index (κ1) is 23.4. The van der Waals surface area contributed by atoms with Crippen LogP contribution in [0.15, 0.2) is 77.3 Å². The zero-order valence-electron chi connectivity index (χ0n) is 18.9. The Morgan fingerprint density at radius 3 is 2.18 bits per heavy atom. The lowest BCUT2D eigenvalue weighted by Crippen LogP contribution is -2.41. The van der Waals surface area contributed by atoms with Crippen LogP contribution in [-0.2, 0) is 19.1 Å². The van der Waals surface area contributed by atoms with Crippen molar-refractivity contribution in [2.45, 2.75) is 25.9 Å². The SMILES string of the molecule is COC(=O)C1=C(C(=O)OC)N(c2ccccc2OC(C)C)C(N)=C(C#N)C1c1ccccc1. The molecule has 0 radical (unpaired) electrons. The summed E-state index contributed by atoms with van der Waals surface area (Å²) in [6, 6.07) is 17.9. The lowest BCUT2D eigenvalue weighted by atomic mass is 9.81. The summed E-state index contributed by atoms with van der Waals surface area (Å²) < 4.78 is 16.0. The first-order chi connectivity index (χ1) is 15.8. The number of nitrogens with two attached hydrogens (primary N) is 1. The zero-order chi connectivity index (χ0) is 24.1. The minimum Gasteiger partial charge on any atom is -0.489 e. The van der Waals surface area contributed by atoms with Crippen molar-refractivity contribution in [3.63, 3.8) is 0 Å². The normalized spacial score (nSPS) is 15.9. The van der Waals surface area contributed by atoms with Crippen molar-refractivity contribution in [3.05, 3.63) is 82.8 Å². The molecule has 8 nitrogen and oxygen atoms in total. The summed E-state index contributed by atoms with van der Waals surface area (Å²) >= 11 is 0. The Bertz CT molecular complexity index is 1160. The molecule has 2 aromatic carbocycles. The van der Waals surface area contributed by atoms with E-state index in [9.17, 15) is 14.9 Å². The summed E-state index contributed by atoms with van der Waals surface area (Å²) in [6.45, 7) is 3.71. The summed E-state index contributed by atoms with van der Waals surface area (Å²) in [6.07, 6.45) is -0.181. The van der Waals surface area contributed by atoms with E-state index in [2.05, 4.69) is 6.07 Å². The lowest BCUT2D eigenvalue weighted by molar-refractivity contribution is -0.139. The highest BCUT2D eigenvalue weighted by Gasteiger charge is 2.43. The van der Waals surface area contributed by atoms with Crippen LogP contribution < -0.4 is 15.4 Å². The predicted molar refractivity (Wildman–Crippen MR) is 122 cm³/mol. The number of hydrogen-bond donors (Lipinski definition) is 1. The summed E-state index contributed by atoms with van der Waals surface area (Å²) in [7, 11) is 2.41. The van der Waals surface area contributed by atoms with Crippen LogP contribution in [0.4, 0.5) is 5.69 Å². The fourth-order valence-electron chi connectivity index (χ4n) is 3.76. The number of rotatable bonds is 6. The number of nitrogens with zero attached hydrogens (tertiary/aromatic N) is 2. The quantitative estimate of drug-likeness (QED) is 0.670. The molecule has 1 aliphatic heterocycles. The second kappa shape index (κ2) is 9.92. The Kier molecular flexibility index (Phi) is 7.04. The molecule has 170 valence electrons. The number of benzene rings is 2. The number of ether oxygens (including phenoxy) is 3. The van der Waals surface area contributed by atoms with E-state index >= 15 is 0 Å². The van der Waals surface area contributed by atoms with E-state index in [1.807, 2.05) is 13.8 Å². The van der Waals surface area contributed by atoms with Gasteiger partial charge in [-0.05, 0) is 31.5 Å². The molecule has 1 unspecified atom stereocenters. The van der Waals surface area contributed by atoms with E-state index in [-0.39, 0.29) is 28.8 Å². The molecule has 2 N–H and O–H groups in total. The fourth-order valence-corrected chi connectivity index (χ4v) is 3.76. The molecule has 0 saturated carbocycles. The predicted octanol–water partition coefficient (Wildman–Crippen LogP) is 3.37. The summed E-state index contributed by atoms with van der Waals surface area (Å²) in [5.74, 6) is -2.12. The van der Waals surface area contributed by atoms with Gasteiger partial charge in [-0.25, -0.2) is 9.59 Å². The minimum absolute atomic E-state index is 0.0146. The van der Waals surface area contributed by atoms with Gasteiger partial charge in [-0.1, -0.05) is 42.5 Å². The molecule has 1 atom stereocenters. The average molecular weight is 447 g/mol. The van der Waals surface area contributed by atoms with Crippen molar-refractivity contribution < 1.29 is 23.8 Å². The molecule has 0 spiro atoms. The molecule has 0 aromatic heterocycles. The van der Waals surface area contributed by atoms with Gasteiger partial charge in [-0.15, -0.1) is 0 Å². The number of methoxy groups -OCH3 is 2. The molecular formula is C25H25N3O5. The van der Waals surface area contributed by atoms with Gasteiger partial charge in [0.15, 0.2) is 0 Å². The number of esters is 2. The van der Waals surface area contributed by atoms with Gasteiger partial charge < -0.3 is 19.9 Å². The molecule has 1 heterocycles. The first-order valence-corrected chi connectivity index (χ1v) is 10.3. The Morgan fingerprint density at radius 1 is 1.00 bits per heavy atom. The van der Waals surface area contributed by atoms with Crippen molar-refractivity contribution in [3.8, 4) is 11.8 Å². The van der Waals surface area contributed by atoms with Gasteiger partial charge in [0.2, 0.25) is 0 Å².